The zero-order valence-corrected chi connectivity index (χ0v) is 16.9. The van der Waals surface area contributed by atoms with E-state index in [2.05, 4.69) is 4.98 Å². The summed E-state index contributed by atoms with van der Waals surface area (Å²) >= 11 is 0. The Kier molecular flexibility index (Phi) is 5.03. The number of ether oxygens (including phenoxy) is 1. The van der Waals surface area contributed by atoms with Gasteiger partial charge in [-0.05, 0) is 28.2 Å². The van der Waals surface area contributed by atoms with Crippen molar-refractivity contribution < 1.29 is 23.8 Å². The number of nitrogens with zero attached hydrogens (tertiary/aromatic N) is 2. The minimum absolute atomic E-state index is 0.121. The molecule has 1 amide bonds. The number of hydrogen-bond acceptors (Lipinski definition) is 5. The average Bonchev–Trinajstić information content (AvgIpc) is 3.34. The number of carboxylic acids is 1. The van der Waals surface area contributed by atoms with E-state index < -0.39 is 24.1 Å². The highest BCUT2D eigenvalue weighted by molar-refractivity contribution is 5.85. The van der Waals surface area contributed by atoms with E-state index in [-0.39, 0.29) is 17.5 Å². The van der Waals surface area contributed by atoms with Gasteiger partial charge >= 0.3 is 12.1 Å². The van der Waals surface area contributed by atoms with Crippen LogP contribution in [-0.2, 0) is 4.74 Å². The summed E-state index contributed by atoms with van der Waals surface area (Å²) in [7, 11) is 1.33. The molecule has 154 valence electrons. The third-order valence-electron chi connectivity index (χ3n) is 5.39. The molecule has 1 atom stereocenters. The van der Waals surface area contributed by atoms with Crippen LogP contribution in [0.4, 0.5) is 4.79 Å². The number of carboxylic acid groups (broad SMARTS) is 1. The number of fused-ring (bicyclic) bond motifs is 3. The Hall–Kier alpha value is -3.61. The second-order valence-electron chi connectivity index (χ2n) is 7.52. The SMILES string of the molecule is COC(=O)N(C1c2ccccc2-c2ccccc21)C(c1nc(C(=O)O)co1)C(C)C. The van der Waals surface area contributed by atoms with E-state index in [0.717, 1.165) is 28.5 Å². The molecule has 1 N–H and O–H groups in total. The maximum absolute atomic E-state index is 13.1. The number of rotatable bonds is 5. The number of carbonyl (C=O) groups excluding carboxylic acids is 1. The maximum atomic E-state index is 13.1. The summed E-state index contributed by atoms with van der Waals surface area (Å²) in [5.41, 5.74) is 3.84. The van der Waals surface area contributed by atoms with Crippen molar-refractivity contribution in [2.75, 3.05) is 7.11 Å². The van der Waals surface area contributed by atoms with Gasteiger partial charge in [-0.15, -0.1) is 0 Å². The third-order valence-corrected chi connectivity index (χ3v) is 5.39. The van der Waals surface area contributed by atoms with Gasteiger partial charge in [-0.3, -0.25) is 4.90 Å². The predicted molar refractivity (Wildman–Crippen MR) is 109 cm³/mol. The Morgan fingerprint density at radius 1 is 1.07 bits per heavy atom. The molecule has 7 heteroatoms. The van der Waals surface area contributed by atoms with E-state index in [1.165, 1.54) is 7.11 Å². The minimum Gasteiger partial charge on any atom is -0.476 e. The molecule has 0 aliphatic heterocycles. The van der Waals surface area contributed by atoms with E-state index in [4.69, 9.17) is 9.15 Å². The van der Waals surface area contributed by atoms with Gasteiger partial charge in [0.05, 0.1) is 13.2 Å². The molecule has 0 saturated carbocycles. The molecule has 0 spiro atoms. The second kappa shape index (κ2) is 7.67. The van der Waals surface area contributed by atoms with E-state index in [9.17, 15) is 14.7 Å². The Morgan fingerprint density at radius 2 is 1.63 bits per heavy atom. The van der Waals surface area contributed by atoms with Crippen molar-refractivity contribution in [3.63, 3.8) is 0 Å². The molecule has 0 fully saturated rings. The lowest BCUT2D eigenvalue weighted by Gasteiger charge is -2.36. The standard InChI is InChI=1S/C23H22N2O5/c1-13(2)19(21-24-18(12-30-21)22(26)27)25(23(28)29-3)20-16-10-6-4-8-14(16)15-9-5-7-11-17(15)20/h4-13,19-20H,1-3H3,(H,26,27). The van der Waals surface area contributed by atoms with Gasteiger partial charge in [0, 0.05) is 0 Å². The van der Waals surface area contributed by atoms with Crippen LogP contribution in [0.25, 0.3) is 11.1 Å². The lowest BCUT2D eigenvalue weighted by molar-refractivity contribution is 0.0668. The zero-order valence-electron chi connectivity index (χ0n) is 16.9. The van der Waals surface area contributed by atoms with Gasteiger partial charge in [-0.25, -0.2) is 14.6 Å². The van der Waals surface area contributed by atoms with E-state index in [1.807, 2.05) is 62.4 Å². The predicted octanol–water partition coefficient (Wildman–Crippen LogP) is 4.91. The lowest BCUT2D eigenvalue weighted by Crippen LogP contribution is -2.40. The third kappa shape index (κ3) is 3.12. The van der Waals surface area contributed by atoms with E-state index in [1.54, 1.807) is 4.90 Å². The van der Waals surface area contributed by atoms with Crippen LogP contribution < -0.4 is 0 Å². The molecular weight excluding hydrogens is 384 g/mol. The molecule has 3 aromatic rings. The van der Waals surface area contributed by atoms with E-state index in [0.29, 0.717) is 0 Å². The Morgan fingerprint density at radius 3 is 2.10 bits per heavy atom. The summed E-state index contributed by atoms with van der Waals surface area (Å²) in [4.78, 5) is 30.2. The number of aromatic carboxylic acids is 1. The zero-order chi connectivity index (χ0) is 21.4. The first kappa shape index (κ1) is 19.7. The average molecular weight is 406 g/mol. The summed E-state index contributed by atoms with van der Waals surface area (Å²) < 4.78 is 10.7. The van der Waals surface area contributed by atoms with Gasteiger partial charge in [-0.2, -0.15) is 0 Å². The Bertz CT molecular complexity index is 1060. The molecule has 0 radical (unpaired) electrons. The topological polar surface area (TPSA) is 92.9 Å². The molecule has 1 unspecified atom stereocenters. The van der Waals surface area contributed by atoms with Crippen LogP contribution in [0.1, 0.15) is 53.4 Å². The number of hydrogen-bond donors (Lipinski definition) is 1. The highest BCUT2D eigenvalue weighted by Gasteiger charge is 2.43. The maximum Gasteiger partial charge on any atom is 0.410 e. The van der Waals surface area contributed by atoms with Gasteiger partial charge < -0.3 is 14.3 Å². The fourth-order valence-electron chi connectivity index (χ4n) is 4.16. The first-order valence-corrected chi connectivity index (χ1v) is 9.67. The number of methoxy groups -OCH3 is 1. The van der Waals surface area contributed by atoms with Gasteiger partial charge in [0.15, 0.2) is 5.69 Å². The van der Waals surface area contributed by atoms with Crippen LogP contribution in [0.2, 0.25) is 0 Å². The van der Waals surface area contributed by atoms with Crippen LogP contribution in [0, 0.1) is 5.92 Å². The van der Waals surface area contributed by atoms with Gasteiger partial charge in [-0.1, -0.05) is 62.4 Å². The number of carbonyl (C=O) groups is 2. The fourth-order valence-corrected chi connectivity index (χ4v) is 4.16. The minimum atomic E-state index is -1.19. The highest BCUT2D eigenvalue weighted by Crippen LogP contribution is 2.49. The van der Waals surface area contributed by atoms with Crippen molar-refractivity contribution in [3.8, 4) is 11.1 Å². The molecule has 0 saturated heterocycles. The Labute approximate surface area is 173 Å². The molecule has 1 heterocycles. The number of amides is 1. The summed E-state index contributed by atoms with van der Waals surface area (Å²) in [5, 5.41) is 9.26. The van der Waals surface area contributed by atoms with Crippen LogP contribution in [0.5, 0.6) is 0 Å². The molecule has 1 aliphatic carbocycles. The fraction of sp³-hybridized carbons (Fsp3) is 0.261. The molecule has 2 aromatic carbocycles. The second-order valence-corrected chi connectivity index (χ2v) is 7.52. The largest absolute Gasteiger partial charge is 0.476 e. The van der Waals surface area contributed by atoms with Crippen molar-refractivity contribution in [1.82, 2.24) is 9.88 Å². The summed E-state index contributed by atoms with van der Waals surface area (Å²) in [5.74, 6) is -1.15. The first-order chi connectivity index (χ1) is 14.4. The normalized spacial score (nSPS) is 13.6. The van der Waals surface area contributed by atoms with Crippen LogP contribution in [-0.4, -0.2) is 34.2 Å². The molecule has 0 bridgehead atoms. The Balaban J connectivity index is 1.90. The highest BCUT2D eigenvalue weighted by atomic mass is 16.5. The number of aromatic nitrogens is 1. The summed E-state index contributed by atoms with van der Waals surface area (Å²) in [6.07, 6.45) is 0.555. The molecule has 4 rings (SSSR count). The molecular formula is C23H22N2O5. The summed E-state index contributed by atoms with van der Waals surface area (Å²) in [6, 6.07) is 14.8. The molecule has 7 nitrogen and oxygen atoms in total. The monoisotopic (exact) mass is 406 g/mol. The van der Waals surface area contributed by atoms with Crippen molar-refractivity contribution in [2.45, 2.75) is 25.9 Å². The molecule has 1 aromatic heterocycles. The van der Waals surface area contributed by atoms with Crippen LogP contribution in [0.3, 0.4) is 0 Å². The smallest absolute Gasteiger partial charge is 0.410 e. The molecule has 1 aliphatic rings. The first-order valence-electron chi connectivity index (χ1n) is 9.67. The summed E-state index contributed by atoms with van der Waals surface area (Å²) in [6.45, 7) is 3.86. The lowest BCUT2D eigenvalue weighted by atomic mass is 9.96. The van der Waals surface area contributed by atoms with Gasteiger partial charge in [0.2, 0.25) is 5.89 Å². The van der Waals surface area contributed by atoms with Crippen molar-refractivity contribution >= 4 is 12.1 Å². The van der Waals surface area contributed by atoms with Crippen molar-refractivity contribution in [2.24, 2.45) is 5.92 Å². The van der Waals surface area contributed by atoms with Crippen LogP contribution in [0.15, 0.2) is 59.2 Å². The van der Waals surface area contributed by atoms with Gasteiger partial charge in [0.25, 0.3) is 0 Å². The van der Waals surface area contributed by atoms with E-state index >= 15 is 0 Å². The van der Waals surface area contributed by atoms with Crippen molar-refractivity contribution in [3.05, 3.63) is 77.5 Å². The van der Waals surface area contributed by atoms with Crippen LogP contribution >= 0.6 is 0 Å². The van der Waals surface area contributed by atoms with Gasteiger partial charge in [0.1, 0.15) is 12.3 Å². The quantitative estimate of drug-likeness (QED) is 0.647. The molecule has 30 heavy (non-hydrogen) atoms. The van der Waals surface area contributed by atoms with Crippen molar-refractivity contribution in [1.29, 1.82) is 0 Å². The number of benzene rings is 2. The number of oxazole rings is 1.